The van der Waals surface area contributed by atoms with Gasteiger partial charge in [-0.15, -0.1) is 0 Å². The molecule has 3 aromatic rings. The Hall–Kier alpha value is -2.33. The molecule has 0 fully saturated rings. The van der Waals surface area contributed by atoms with Crippen LogP contribution < -0.4 is 10.5 Å². The Morgan fingerprint density at radius 1 is 0.958 bits per heavy atom. The van der Waals surface area contributed by atoms with Crippen molar-refractivity contribution in [1.29, 1.82) is 0 Å². The SMILES string of the molecule is Nc1nc(CCCCCOc2cccc(Cl)c2)c2ccccc2n1. The highest BCUT2D eigenvalue weighted by molar-refractivity contribution is 6.30. The Morgan fingerprint density at radius 3 is 2.71 bits per heavy atom. The van der Waals surface area contributed by atoms with E-state index in [1.165, 1.54) is 0 Å². The molecule has 0 atom stereocenters. The molecular weight excluding hydrogens is 322 g/mol. The zero-order valence-corrected chi connectivity index (χ0v) is 14.2. The quantitative estimate of drug-likeness (QED) is 0.635. The third-order valence-electron chi connectivity index (χ3n) is 3.82. The summed E-state index contributed by atoms with van der Waals surface area (Å²) in [6.07, 6.45) is 3.99. The minimum atomic E-state index is 0.341. The summed E-state index contributed by atoms with van der Waals surface area (Å²) >= 11 is 5.93. The first-order valence-electron chi connectivity index (χ1n) is 8.12. The molecule has 3 rings (SSSR count). The van der Waals surface area contributed by atoms with E-state index in [1.54, 1.807) is 0 Å². The summed E-state index contributed by atoms with van der Waals surface area (Å²) in [7, 11) is 0. The van der Waals surface area contributed by atoms with Gasteiger partial charge in [0.05, 0.1) is 17.8 Å². The molecule has 124 valence electrons. The van der Waals surface area contributed by atoms with Crippen LogP contribution in [0.25, 0.3) is 10.9 Å². The molecule has 2 aromatic carbocycles. The zero-order valence-electron chi connectivity index (χ0n) is 13.4. The monoisotopic (exact) mass is 341 g/mol. The number of nitrogens with zero attached hydrogens (tertiary/aromatic N) is 2. The fourth-order valence-electron chi connectivity index (χ4n) is 2.67. The number of benzene rings is 2. The Labute approximate surface area is 146 Å². The molecule has 1 heterocycles. The standard InChI is InChI=1S/C19H20ClN3O/c20-14-7-6-8-15(13-14)24-12-5-1-2-10-17-16-9-3-4-11-18(16)23-19(21)22-17/h3-4,6-9,11,13H,1-2,5,10,12H2,(H2,21,22,23). The number of aryl methyl sites for hydroxylation is 1. The molecule has 0 amide bonds. The van der Waals surface area contributed by atoms with Gasteiger partial charge in [0.2, 0.25) is 5.95 Å². The molecule has 0 aliphatic rings. The first kappa shape index (κ1) is 16.5. The van der Waals surface area contributed by atoms with Gasteiger partial charge in [0, 0.05) is 10.4 Å². The maximum absolute atomic E-state index is 5.93. The van der Waals surface area contributed by atoms with Gasteiger partial charge in [0.1, 0.15) is 5.75 Å². The van der Waals surface area contributed by atoms with E-state index in [1.807, 2.05) is 48.5 Å². The molecule has 0 saturated carbocycles. The Morgan fingerprint density at radius 2 is 1.83 bits per heavy atom. The van der Waals surface area contributed by atoms with Gasteiger partial charge in [-0.2, -0.15) is 0 Å². The van der Waals surface area contributed by atoms with Gasteiger partial charge >= 0.3 is 0 Å². The largest absolute Gasteiger partial charge is 0.494 e. The second kappa shape index (κ2) is 7.97. The molecule has 0 bridgehead atoms. The summed E-state index contributed by atoms with van der Waals surface area (Å²) in [5.74, 6) is 1.16. The Balaban J connectivity index is 1.47. The molecule has 4 nitrogen and oxygen atoms in total. The molecule has 0 aliphatic carbocycles. The second-order valence-corrected chi connectivity index (χ2v) is 6.10. The fourth-order valence-corrected chi connectivity index (χ4v) is 2.85. The topological polar surface area (TPSA) is 61.0 Å². The van der Waals surface area contributed by atoms with Gasteiger partial charge in [-0.3, -0.25) is 0 Å². The number of hydrogen-bond donors (Lipinski definition) is 1. The lowest BCUT2D eigenvalue weighted by molar-refractivity contribution is 0.305. The number of ether oxygens (including phenoxy) is 1. The number of rotatable bonds is 7. The number of aromatic nitrogens is 2. The zero-order chi connectivity index (χ0) is 16.8. The van der Waals surface area contributed by atoms with Crippen LogP contribution in [0.5, 0.6) is 5.75 Å². The van der Waals surface area contributed by atoms with Crippen molar-refractivity contribution in [2.24, 2.45) is 0 Å². The number of hydrogen-bond acceptors (Lipinski definition) is 4. The van der Waals surface area contributed by atoms with Gasteiger partial charge in [0.15, 0.2) is 0 Å². The van der Waals surface area contributed by atoms with Crippen LogP contribution >= 0.6 is 11.6 Å². The normalized spacial score (nSPS) is 10.9. The molecule has 1 aromatic heterocycles. The third-order valence-corrected chi connectivity index (χ3v) is 4.06. The van der Waals surface area contributed by atoms with E-state index in [0.717, 1.165) is 48.0 Å². The van der Waals surface area contributed by atoms with Crippen LogP contribution in [0, 0.1) is 0 Å². The number of para-hydroxylation sites is 1. The van der Waals surface area contributed by atoms with Crippen molar-refractivity contribution in [2.45, 2.75) is 25.7 Å². The average Bonchev–Trinajstić information content (AvgIpc) is 2.57. The highest BCUT2D eigenvalue weighted by atomic mass is 35.5. The Bertz CT molecular complexity index is 823. The van der Waals surface area contributed by atoms with Crippen molar-refractivity contribution in [3.8, 4) is 5.75 Å². The van der Waals surface area contributed by atoms with Crippen LogP contribution in [0.3, 0.4) is 0 Å². The molecule has 2 N–H and O–H groups in total. The van der Waals surface area contributed by atoms with Crippen LogP contribution in [0.4, 0.5) is 5.95 Å². The number of halogens is 1. The number of anilines is 1. The summed E-state index contributed by atoms with van der Waals surface area (Å²) < 4.78 is 5.70. The predicted molar refractivity (Wildman–Crippen MR) is 98.5 cm³/mol. The van der Waals surface area contributed by atoms with E-state index in [0.29, 0.717) is 17.6 Å². The van der Waals surface area contributed by atoms with E-state index < -0.39 is 0 Å². The van der Waals surface area contributed by atoms with Crippen LogP contribution in [0.15, 0.2) is 48.5 Å². The molecule has 0 saturated heterocycles. The Kier molecular flexibility index (Phi) is 5.49. The van der Waals surface area contributed by atoms with Gasteiger partial charge in [-0.1, -0.05) is 35.9 Å². The number of unbranched alkanes of at least 4 members (excludes halogenated alkanes) is 2. The summed E-state index contributed by atoms with van der Waals surface area (Å²) in [5, 5.41) is 1.78. The smallest absolute Gasteiger partial charge is 0.220 e. The highest BCUT2D eigenvalue weighted by Gasteiger charge is 2.05. The van der Waals surface area contributed by atoms with Crippen LogP contribution in [-0.2, 0) is 6.42 Å². The first-order chi connectivity index (χ1) is 11.7. The lowest BCUT2D eigenvalue weighted by Crippen LogP contribution is -2.02. The lowest BCUT2D eigenvalue weighted by atomic mass is 10.1. The molecule has 0 unspecified atom stereocenters. The van der Waals surface area contributed by atoms with Crippen molar-refractivity contribution >= 4 is 28.5 Å². The van der Waals surface area contributed by atoms with Crippen molar-refractivity contribution in [3.05, 3.63) is 59.2 Å². The van der Waals surface area contributed by atoms with Gasteiger partial charge < -0.3 is 10.5 Å². The average molecular weight is 342 g/mol. The summed E-state index contributed by atoms with van der Waals surface area (Å²) in [6, 6.07) is 15.5. The van der Waals surface area contributed by atoms with Crippen molar-refractivity contribution in [3.63, 3.8) is 0 Å². The van der Waals surface area contributed by atoms with Crippen LogP contribution in [0.1, 0.15) is 25.0 Å². The summed E-state index contributed by atoms with van der Waals surface area (Å²) in [4.78, 5) is 8.67. The maximum Gasteiger partial charge on any atom is 0.220 e. The van der Waals surface area contributed by atoms with E-state index >= 15 is 0 Å². The molecule has 0 spiro atoms. The summed E-state index contributed by atoms with van der Waals surface area (Å²) in [5.41, 5.74) is 7.73. The second-order valence-electron chi connectivity index (χ2n) is 5.66. The van der Waals surface area contributed by atoms with Gasteiger partial charge in [0.25, 0.3) is 0 Å². The van der Waals surface area contributed by atoms with Crippen LogP contribution in [-0.4, -0.2) is 16.6 Å². The maximum atomic E-state index is 5.93. The number of nitrogens with two attached hydrogens (primary N) is 1. The number of nitrogen functional groups attached to an aromatic ring is 1. The molecule has 0 aliphatic heterocycles. The van der Waals surface area contributed by atoms with Crippen LogP contribution in [0.2, 0.25) is 5.02 Å². The van der Waals surface area contributed by atoms with E-state index in [-0.39, 0.29) is 0 Å². The minimum Gasteiger partial charge on any atom is -0.494 e. The molecule has 24 heavy (non-hydrogen) atoms. The highest BCUT2D eigenvalue weighted by Crippen LogP contribution is 2.19. The van der Waals surface area contributed by atoms with E-state index in [4.69, 9.17) is 22.1 Å². The summed E-state index contributed by atoms with van der Waals surface area (Å²) in [6.45, 7) is 0.688. The van der Waals surface area contributed by atoms with Crippen molar-refractivity contribution in [1.82, 2.24) is 9.97 Å². The van der Waals surface area contributed by atoms with Crippen molar-refractivity contribution in [2.75, 3.05) is 12.3 Å². The van der Waals surface area contributed by atoms with Gasteiger partial charge in [-0.05, 0) is 49.9 Å². The fraction of sp³-hybridized carbons (Fsp3) is 0.263. The van der Waals surface area contributed by atoms with Gasteiger partial charge in [-0.25, -0.2) is 9.97 Å². The molecular formula is C19H20ClN3O. The van der Waals surface area contributed by atoms with E-state index in [2.05, 4.69) is 9.97 Å². The van der Waals surface area contributed by atoms with Crippen molar-refractivity contribution < 1.29 is 4.74 Å². The predicted octanol–water partition coefficient (Wildman–Crippen LogP) is 4.66. The third kappa shape index (κ3) is 4.36. The molecule has 5 heteroatoms. The molecule has 0 radical (unpaired) electrons. The number of fused-ring (bicyclic) bond motifs is 1. The minimum absolute atomic E-state index is 0.341. The van der Waals surface area contributed by atoms with E-state index in [9.17, 15) is 0 Å². The first-order valence-corrected chi connectivity index (χ1v) is 8.50. The lowest BCUT2D eigenvalue weighted by Gasteiger charge is -2.08.